The summed E-state index contributed by atoms with van der Waals surface area (Å²) in [4.78, 5) is 16.9. The predicted octanol–water partition coefficient (Wildman–Crippen LogP) is 4.64. The van der Waals surface area contributed by atoms with Crippen LogP contribution in [0.5, 0.6) is 17.4 Å². The van der Waals surface area contributed by atoms with Crippen molar-refractivity contribution in [2.45, 2.75) is 45.1 Å². The molecule has 1 aliphatic carbocycles. The molecule has 0 bridgehead atoms. The fourth-order valence-corrected chi connectivity index (χ4v) is 3.78. The lowest BCUT2D eigenvalue weighted by atomic mass is 9.71. The zero-order valence-corrected chi connectivity index (χ0v) is 18.9. The maximum absolute atomic E-state index is 12.6. The largest absolute Gasteiger partial charge is 0.497 e. The molecule has 1 amide bonds. The topological polar surface area (TPSA) is 86.5 Å². The monoisotopic (exact) mass is 455 g/mol. The summed E-state index contributed by atoms with van der Waals surface area (Å²) < 4.78 is 11.1. The van der Waals surface area contributed by atoms with E-state index in [9.17, 15) is 4.79 Å². The summed E-state index contributed by atoms with van der Waals surface area (Å²) in [5.74, 6) is 1.85. The zero-order valence-electron chi connectivity index (χ0n) is 17.3. The van der Waals surface area contributed by atoms with Gasteiger partial charge in [-0.1, -0.05) is 31.4 Å². The number of hydrogen-bond acceptors (Lipinski definition) is 5. The molecule has 0 aliphatic heterocycles. The number of ether oxygens (including phenoxy) is 2. The van der Waals surface area contributed by atoms with Gasteiger partial charge in [0.05, 0.1) is 7.11 Å². The van der Waals surface area contributed by atoms with Gasteiger partial charge in [-0.15, -0.1) is 24.8 Å². The number of carbonyl (C=O) groups excluding carboxylic acids is 1. The van der Waals surface area contributed by atoms with Gasteiger partial charge in [0.2, 0.25) is 11.8 Å². The van der Waals surface area contributed by atoms with Gasteiger partial charge >= 0.3 is 0 Å². The van der Waals surface area contributed by atoms with E-state index < -0.39 is 0 Å². The van der Waals surface area contributed by atoms with Crippen LogP contribution in [0.2, 0.25) is 0 Å². The average Bonchev–Trinajstić information content (AvgIpc) is 2.74. The normalized spacial score (nSPS) is 14.6. The van der Waals surface area contributed by atoms with Crippen molar-refractivity contribution in [1.29, 1.82) is 0 Å². The van der Waals surface area contributed by atoms with E-state index in [1.54, 1.807) is 19.4 Å². The number of carbonyl (C=O) groups is 1. The molecule has 3 rings (SSSR count). The standard InChI is InChI=1S/C22H29N3O3.2ClH/c1-27-18-8-5-9-19(13-18)28-21-17(7-6-12-24-21)15-25-20(26)14-22(16-23)10-3-2-4-11-22;;/h5-9,12-13H,2-4,10-11,14-16,23H2,1H3,(H,25,26);2*1H. The van der Waals surface area contributed by atoms with E-state index in [1.807, 2.05) is 30.3 Å². The molecule has 3 N–H and O–H groups in total. The average molecular weight is 456 g/mol. The number of aromatic nitrogens is 1. The van der Waals surface area contributed by atoms with Crippen LogP contribution in [-0.2, 0) is 11.3 Å². The molecular formula is C22H31Cl2N3O3. The number of halogens is 2. The van der Waals surface area contributed by atoms with Gasteiger partial charge in [-0.2, -0.15) is 0 Å². The van der Waals surface area contributed by atoms with Gasteiger partial charge in [0.1, 0.15) is 11.5 Å². The molecule has 30 heavy (non-hydrogen) atoms. The molecule has 0 radical (unpaired) electrons. The van der Waals surface area contributed by atoms with Crippen LogP contribution in [0.3, 0.4) is 0 Å². The number of amides is 1. The molecule has 1 heterocycles. The first-order valence-electron chi connectivity index (χ1n) is 9.87. The number of methoxy groups -OCH3 is 1. The van der Waals surface area contributed by atoms with Crippen molar-refractivity contribution in [2.24, 2.45) is 11.1 Å². The van der Waals surface area contributed by atoms with E-state index in [-0.39, 0.29) is 36.1 Å². The molecule has 6 nitrogen and oxygen atoms in total. The molecule has 8 heteroatoms. The minimum absolute atomic E-state index is 0. The highest BCUT2D eigenvalue weighted by Crippen LogP contribution is 2.38. The van der Waals surface area contributed by atoms with Gasteiger partial charge in [-0.05, 0) is 43.0 Å². The first-order chi connectivity index (χ1) is 13.6. The van der Waals surface area contributed by atoms with Crippen molar-refractivity contribution in [3.63, 3.8) is 0 Å². The van der Waals surface area contributed by atoms with Crippen molar-refractivity contribution in [3.8, 4) is 17.4 Å². The van der Waals surface area contributed by atoms with E-state index in [0.29, 0.717) is 36.9 Å². The summed E-state index contributed by atoms with van der Waals surface area (Å²) in [6.45, 7) is 0.935. The number of nitrogens with zero attached hydrogens (tertiary/aromatic N) is 1. The molecule has 2 aromatic rings. The second-order valence-corrected chi connectivity index (χ2v) is 7.47. The van der Waals surface area contributed by atoms with Crippen LogP contribution in [-0.4, -0.2) is 24.5 Å². The Morgan fingerprint density at radius 2 is 1.87 bits per heavy atom. The van der Waals surface area contributed by atoms with Crippen molar-refractivity contribution < 1.29 is 14.3 Å². The highest BCUT2D eigenvalue weighted by Gasteiger charge is 2.32. The number of nitrogens with one attached hydrogen (secondary N) is 1. The van der Waals surface area contributed by atoms with Crippen LogP contribution >= 0.6 is 24.8 Å². The molecule has 1 aromatic heterocycles. The quantitative estimate of drug-likeness (QED) is 0.604. The molecule has 0 atom stereocenters. The molecule has 0 saturated heterocycles. The first-order valence-corrected chi connectivity index (χ1v) is 9.87. The third kappa shape index (κ3) is 7.04. The number of benzene rings is 1. The Kier molecular flexibility index (Phi) is 10.9. The summed E-state index contributed by atoms with van der Waals surface area (Å²) in [5.41, 5.74) is 6.79. The number of rotatable bonds is 8. The third-order valence-electron chi connectivity index (χ3n) is 5.46. The third-order valence-corrected chi connectivity index (χ3v) is 5.46. The van der Waals surface area contributed by atoms with E-state index in [4.69, 9.17) is 15.2 Å². The van der Waals surface area contributed by atoms with Crippen LogP contribution in [0.15, 0.2) is 42.6 Å². The van der Waals surface area contributed by atoms with Crippen LogP contribution in [0.25, 0.3) is 0 Å². The lowest BCUT2D eigenvalue weighted by Crippen LogP contribution is -2.38. The molecule has 0 spiro atoms. The lowest BCUT2D eigenvalue weighted by molar-refractivity contribution is -0.124. The molecule has 0 unspecified atom stereocenters. The van der Waals surface area contributed by atoms with Gasteiger partial charge in [-0.25, -0.2) is 4.98 Å². The maximum atomic E-state index is 12.6. The van der Waals surface area contributed by atoms with Crippen molar-refractivity contribution in [1.82, 2.24) is 10.3 Å². The molecule has 1 saturated carbocycles. The Hall–Kier alpha value is -2.02. The minimum Gasteiger partial charge on any atom is -0.497 e. The van der Waals surface area contributed by atoms with E-state index in [1.165, 1.54) is 6.42 Å². The highest BCUT2D eigenvalue weighted by molar-refractivity contribution is 5.85. The van der Waals surface area contributed by atoms with E-state index >= 15 is 0 Å². The van der Waals surface area contributed by atoms with Crippen LogP contribution in [0.1, 0.15) is 44.1 Å². The fourth-order valence-electron chi connectivity index (χ4n) is 3.78. The minimum atomic E-state index is -0.0445. The van der Waals surface area contributed by atoms with Gasteiger partial charge in [0.15, 0.2) is 0 Å². The number of pyridine rings is 1. The van der Waals surface area contributed by atoms with E-state index in [2.05, 4.69) is 10.3 Å². The SMILES string of the molecule is COc1cccc(Oc2ncccc2CNC(=O)CC2(CN)CCCCC2)c1.Cl.Cl. The van der Waals surface area contributed by atoms with Crippen molar-refractivity contribution >= 4 is 30.7 Å². The molecule has 1 aliphatic rings. The van der Waals surface area contributed by atoms with Gasteiger partial charge in [0, 0.05) is 30.8 Å². The smallest absolute Gasteiger partial charge is 0.224 e. The van der Waals surface area contributed by atoms with Gasteiger partial charge < -0.3 is 20.5 Å². The van der Waals surface area contributed by atoms with Gasteiger partial charge in [0.25, 0.3) is 0 Å². The molecule has 1 fully saturated rings. The summed E-state index contributed by atoms with van der Waals surface area (Å²) >= 11 is 0. The summed E-state index contributed by atoms with van der Waals surface area (Å²) in [6, 6.07) is 11.1. The lowest BCUT2D eigenvalue weighted by Gasteiger charge is -2.35. The Morgan fingerprint density at radius 1 is 1.13 bits per heavy atom. The van der Waals surface area contributed by atoms with Crippen LogP contribution in [0, 0.1) is 5.41 Å². The van der Waals surface area contributed by atoms with Crippen LogP contribution < -0.4 is 20.5 Å². The second kappa shape index (κ2) is 12.6. The predicted molar refractivity (Wildman–Crippen MR) is 123 cm³/mol. The molecule has 166 valence electrons. The Bertz CT molecular complexity index is 799. The number of nitrogens with two attached hydrogens (primary N) is 1. The first kappa shape index (κ1) is 26.0. The van der Waals surface area contributed by atoms with Crippen molar-refractivity contribution in [3.05, 3.63) is 48.2 Å². The van der Waals surface area contributed by atoms with E-state index in [0.717, 1.165) is 31.2 Å². The van der Waals surface area contributed by atoms with Gasteiger partial charge in [-0.3, -0.25) is 4.79 Å². The Morgan fingerprint density at radius 3 is 2.57 bits per heavy atom. The number of hydrogen-bond donors (Lipinski definition) is 2. The fraction of sp³-hybridized carbons (Fsp3) is 0.455. The molecule has 1 aromatic carbocycles. The van der Waals surface area contributed by atoms with Crippen LogP contribution in [0.4, 0.5) is 0 Å². The zero-order chi connectivity index (χ0) is 19.8. The Labute approximate surface area is 190 Å². The Balaban J connectivity index is 0.00000225. The maximum Gasteiger partial charge on any atom is 0.224 e. The summed E-state index contributed by atoms with van der Waals surface area (Å²) in [5, 5.41) is 3.01. The summed E-state index contributed by atoms with van der Waals surface area (Å²) in [6.07, 6.45) is 7.78. The highest BCUT2D eigenvalue weighted by atomic mass is 35.5. The van der Waals surface area contributed by atoms with Crippen molar-refractivity contribution in [2.75, 3.05) is 13.7 Å². The molecular weight excluding hydrogens is 425 g/mol. The second-order valence-electron chi connectivity index (χ2n) is 7.47. The summed E-state index contributed by atoms with van der Waals surface area (Å²) in [7, 11) is 1.61.